The monoisotopic (exact) mass is 241 g/mol. The molecule has 0 aromatic heterocycles. The summed E-state index contributed by atoms with van der Waals surface area (Å²) in [6, 6.07) is 7.29. The third kappa shape index (κ3) is 3.41. The zero-order valence-electron chi connectivity index (χ0n) is 8.11. The zero-order chi connectivity index (χ0) is 11.3. The van der Waals surface area contributed by atoms with Gasteiger partial charge in [-0.15, -0.1) is 11.8 Å². The van der Waals surface area contributed by atoms with Gasteiger partial charge in [0.25, 0.3) is 5.91 Å². The van der Waals surface area contributed by atoms with Crippen molar-refractivity contribution < 1.29 is 4.79 Å². The number of carbonyl (C=O) groups excluding carboxylic acids is 1. The summed E-state index contributed by atoms with van der Waals surface area (Å²) >= 11 is 6.08. The van der Waals surface area contributed by atoms with E-state index in [2.05, 4.69) is 23.1 Å². The SMILES string of the molecule is CSc1ccccc1C(=O)NNC(N)=S. The average molecular weight is 241 g/mol. The van der Waals surface area contributed by atoms with E-state index in [1.807, 2.05) is 18.4 Å². The number of thiocarbonyl (C=S) groups is 1. The van der Waals surface area contributed by atoms with Crippen LogP contribution in [0, 0.1) is 0 Å². The molecule has 1 rings (SSSR count). The van der Waals surface area contributed by atoms with Crippen LogP contribution in [0.15, 0.2) is 29.2 Å². The highest BCUT2D eigenvalue weighted by atomic mass is 32.2. The quantitative estimate of drug-likeness (QED) is 0.407. The molecule has 4 N–H and O–H groups in total. The molecule has 0 atom stereocenters. The Balaban J connectivity index is 2.77. The molecule has 1 aromatic rings. The molecule has 0 unspecified atom stereocenters. The maximum Gasteiger partial charge on any atom is 0.270 e. The van der Waals surface area contributed by atoms with Gasteiger partial charge < -0.3 is 5.73 Å². The number of nitrogens with one attached hydrogen (secondary N) is 2. The highest BCUT2D eigenvalue weighted by Gasteiger charge is 2.09. The van der Waals surface area contributed by atoms with Crippen molar-refractivity contribution >= 4 is 35.0 Å². The molecule has 4 nitrogen and oxygen atoms in total. The van der Waals surface area contributed by atoms with E-state index in [9.17, 15) is 4.79 Å². The van der Waals surface area contributed by atoms with Crippen molar-refractivity contribution in [1.82, 2.24) is 10.9 Å². The molecule has 1 amide bonds. The summed E-state index contributed by atoms with van der Waals surface area (Å²) in [4.78, 5) is 12.5. The highest BCUT2D eigenvalue weighted by Crippen LogP contribution is 2.19. The number of hydrogen-bond donors (Lipinski definition) is 3. The van der Waals surface area contributed by atoms with Crippen LogP contribution in [0.4, 0.5) is 0 Å². The van der Waals surface area contributed by atoms with Crippen LogP contribution in [0.1, 0.15) is 10.4 Å². The predicted molar refractivity (Wildman–Crippen MR) is 65.6 cm³/mol. The number of amides is 1. The molecular weight excluding hydrogens is 230 g/mol. The smallest absolute Gasteiger partial charge is 0.270 e. The lowest BCUT2D eigenvalue weighted by Crippen LogP contribution is -2.44. The number of carbonyl (C=O) groups is 1. The molecule has 0 fully saturated rings. The van der Waals surface area contributed by atoms with Crippen molar-refractivity contribution in [3.63, 3.8) is 0 Å². The van der Waals surface area contributed by atoms with Crippen molar-refractivity contribution in [2.45, 2.75) is 4.90 Å². The Labute approximate surface area is 97.6 Å². The van der Waals surface area contributed by atoms with Crippen molar-refractivity contribution in [2.75, 3.05) is 6.26 Å². The first kappa shape index (κ1) is 11.8. The summed E-state index contributed by atoms with van der Waals surface area (Å²) in [5, 5.41) is 0.0324. The fraction of sp³-hybridized carbons (Fsp3) is 0.111. The van der Waals surface area contributed by atoms with Crippen molar-refractivity contribution in [3.05, 3.63) is 29.8 Å². The molecule has 0 aliphatic rings. The summed E-state index contributed by atoms with van der Waals surface area (Å²) in [6.07, 6.45) is 1.91. The highest BCUT2D eigenvalue weighted by molar-refractivity contribution is 7.98. The molecule has 0 aliphatic heterocycles. The average Bonchev–Trinajstić information content (AvgIpc) is 2.25. The molecule has 0 bridgehead atoms. The number of hydrazine groups is 1. The van der Waals surface area contributed by atoms with Crippen LogP contribution in [-0.4, -0.2) is 17.3 Å². The first-order valence-electron chi connectivity index (χ1n) is 4.14. The van der Waals surface area contributed by atoms with Gasteiger partial charge in [0.15, 0.2) is 5.11 Å². The second-order valence-corrected chi connectivity index (χ2v) is 3.93. The standard InChI is InChI=1S/C9H11N3OS2/c1-15-7-5-3-2-4-6(7)8(13)11-12-9(10)14/h2-5H,1H3,(H,11,13)(H3,10,12,14). The van der Waals surface area contributed by atoms with E-state index in [0.29, 0.717) is 5.56 Å². The van der Waals surface area contributed by atoms with Gasteiger partial charge in [-0.1, -0.05) is 12.1 Å². The third-order valence-corrected chi connectivity index (χ3v) is 2.55. The number of hydrogen-bond acceptors (Lipinski definition) is 3. The minimum atomic E-state index is -0.257. The minimum absolute atomic E-state index is 0.0324. The lowest BCUT2D eigenvalue weighted by atomic mass is 10.2. The van der Waals surface area contributed by atoms with Gasteiger partial charge in [-0.05, 0) is 30.6 Å². The van der Waals surface area contributed by atoms with Crippen LogP contribution < -0.4 is 16.6 Å². The molecular formula is C9H11N3OS2. The van der Waals surface area contributed by atoms with Gasteiger partial charge in [-0.3, -0.25) is 15.6 Å². The Bertz CT molecular complexity index is 381. The molecule has 0 spiro atoms. The van der Waals surface area contributed by atoms with Crippen molar-refractivity contribution in [1.29, 1.82) is 0 Å². The van der Waals surface area contributed by atoms with Gasteiger partial charge >= 0.3 is 0 Å². The maximum atomic E-state index is 11.6. The van der Waals surface area contributed by atoms with Gasteiger partial charge in [-0.2, -0.15) is 0 Å². The Hall–Kier alpha value is -1.27. The van der Waals surface area contributed by atoms with Gasteiger partial charge in [0.2, 0.25) is 0 Å². The molecule has 0 saturated heterocycles. The normalized spacial score (nSPS) is 9.40. The van der Waals surface area contributed by atoms with Crippen molar-refractivity contribution in [2.24, 2.45) is 5.73 Å². The first-order valence-corrected chi connectivity index (χ1v) is 5.77. The fourth-order valence-corrected chi connectivity index (χ4v) is 1.66. The summed E-state index contributed by atoms with van der Waals surface area (Å²) in [5.41, 5.74) is 10.6. The fourth-order valence-electron chi connectivity index (χ4n) is 1.02. The molecule has 0 saturated carbocycles. The number of thioether (sulfide) groups is 1. The molecule has 15 heavy (non-hydrogen) atoms. The van der Waals surface area contributed by atoms with E-state index >= 15 is 0 Å². The summed E-state index contributed by atoms with van der Waals surface area (Å²) in [6.45, 7) is 0. The summed E-state index contributed by atoms with van der Waals surface area (Å²) in [7, 11) is 0. The van der Waals surface area contributed by atoms with Crippen LogP contribution in [0.5, 0.6) is 0 Å². The van der Waals surface area contributed by atoms with Crippen LogP contribution in [0.25, 0.3) is 0 Å². The number of rotatable bonds is 2. The molecule has 6 heteroatoms. The van der Waals surface area contributed by atoms with E-state index < -0.39 is 0 Å². The van der Waals surface area contributed by atoms with Gasteiger partial charge in [0.05, 0.1) is 5.56 Å². The lowest BCUT2D eigenvalue weighted by Gasteiger charge is -2.08. The zero-order valence-corrected chi connectivity index (χ0v) is 9.74. The summed E-state index contributed by atoms with van der Waals surface area (Å²) in [5.74, 6) is -0.257. The second-order valence-electron chi connectivity index (χ2n) is 2.64. The lowest BCUT2D eigenvalue weighted by molar-refractivity contribution is 0.0941. The second kappa shape index (κ2) is 5.57. The van der Waals surface area contributed by atoms with Crippen LogP contribution in [-0.2, 0) is 0 Å². The predicted octanol–water partition coefficient (Wildman–Crippen LogP) is 0.887. The van der Waals surface area contributed by atoms with Crippen molar-refractivity contribution in [3.8, 4) is 0 Å². The number of benzene rings is 1. The van der Waals surface area contributed by atoms with E-state index in [1.54, 1.807) is 12.1 Å². The van der Waals surface area contributed by atoms with Gasteiger partial charge in [0, 0.05) is 4.90 Å². The van der Waals surface area contributed by atoms with E-state index in [4.69, 9.17) is 5.73 Å². The Morgan fingerprint density at radius 2 is 2.07 bits per heavy atom. The summed E-state index contributed by atoms with van der Waals surface area (Å²) < 4.78 is 0. The molecule has 0 heterocycles. The molecule has 0 radical (unpaired) electrons. The van der Waals surface area contributed by atoms with Crippen LogP contribution in [0.3, 0.4) is 0 Å². The minimum Gasteiger partial charge on any atom is -0.375 e. The molecule has 80 valence electrons. The molecule has 1 aromatic carbocycles. The number of nitrogens with two attached hydrogens (primary N) is 1. The largest absolute Gasteiger partial charge is 0.375 e. The van der Waals surface area contributed by atoms with Crippen LogP contribution >= 0.6 is 24.0 Å². The van der Waals surface area contributed by atoms with E-state index in [0.717, 1.165) is 4.90 Å². The van der Waals surface area contributed by atoms with Crippen LogP contribution in [0.2, 0.25) is 0 Å². The van der Waals surface area contributed by atoms with Gasteiger partial charge in [0.1, 0.15) is 0 Å². The van der Waals surface area contributed by atoms with E-state index in [-0.39, 0.29) is 11.0 Å². The maximum absolute atomic E-state index is 11.6. The first-order chi connectivity index (χ1) is 7.15. The Morgan fingerprint density at radius 1 is 1.40 bits per heavy atom. The molecule has 0 aliphatic carbocycles. The Morgan fingerprint density at radius 3 is 2.67 bits per heavy atom. The Kier molecular flexibility index (Phi) is 4.38. The topological polar surface area (TPSA) is 67.2 Å². The third-order valence-electron chi connectivity index (χ3n) is 1.65. The van der Waals surface area contributed by atoms with Gasteiger partial charge in [-0.25, -0.2) is 0 Å². The van der Waals surface area contributed by atoms with E-state index in [1.165, 1.54) is 11.8 Å².